The van der Waals surface area contributed by atoms with Crippen molar-refractivity contribution in [1.82, 2.24) is 9.88 Å². The second-order valence-corrected chi connectivity index (χ2v) is 4.50. The Balaban J connectivity index is 2.08. The Bertz CT molecular complexity index is 590. The van der Waals surface area contributed by atoms with Gasteiger partial charge in [-0.15, -0.1) is 0 Å². The zero-order valence-corrected chi connectivity index (χ0v) is 11.1. The van der Waals surface area contributed by atoms with Crippen molar-refractivity contribution >= 4 is 16.8 Å². The summed E-state index contributed by atoms with van der Waals surface area (Å²) in [6.45, 7) is 0.632. The van der Waals surface area contributed by atoms with E-state index in [2.05, 4.69) is 5.32 Å². The predicted molar refractivity (Wildman–Crippen MR) is 73.2 cm³/mol. The van der Waals surface area contributed by atoms with Gasteiger partial charge in [0.25, 0.3) is 0 Å². The fourth-order valence-corrected chi connectivity index (χ4v) is 2.18. The van der Waals surface area contributed by atoms with Gasteiger partial charge >= 0.3 is 0 Å². The molecular formula is C14H18N2O3. The Morgan fingerprint density at radius 1 is 1.47 bits per heavy atom. The molecule has 1 aromatic heterocycles. The topological polar surface area (TPSA) is 63.5 Å². The van der Waals surface area contributed by atoms with Gasteiger partial charge in [-0.3, -0.25) is 4.79 Å². The molecule has 102 valence electrons. The molecule has 2 N–H and O–H groups in total. The highest BCUT2D eigenvalue weighted by Crippen LogP contribution is 2.24. The van der Waals surface area contributed by atoms with E-state index >= 15 is 0 Å². The fraction of sp³-hybridized carbons (Fsp3) is 0.357. The number of carbonyl (C=O) groups excluding carboxylic acids is 1. The number of hydrogen-bond acceptors (Lipinski definition) is 3. The summed E-state index contributed by atoms with van der Waals surface area (Å²) in [5, 5.41) is 13.4. The number of aromatic hydroxyl groups is 1. The number of nitrogens with one attached hydrogen (secondary N) is 1. The maximum atomic E-state index is 11.3. The molecule has 0 atom stereocenters. The third kappa shape index (κ3) is 3.06. The maximum absolute atomic E-state index is 11.3. The number of amides is 1. The number of benzene rings is 1. The molecule has 1 amide bonds. The first kappa shape index (κ1) is 13.4. The van der Waals surface area contributed by atoms with Crippen LogP contribution in [0.5, 0.6) is 5.75 Å². The van der Waals surface area contributed by atoms with Crippen LogP contribution >= 0.6 is 0 Å². The van der Waals surface area contributed by atoms with Gasteiger partial charge in [-0.05, 0) is 30.2 Å². The molecule has 19 heavy (non-hydrogen) atoms. The summed E-state index contributed by atoms with van der Waals surface area (Å²) in [6, 6.07) is 5.31. The first-order valence-corrected chi connectivity index (χ1v) is 6.14. The largest absolute Gasteiger partial charge is 0.508 e. The van der Waals surface area contributed by atoms with Crippen molar-refractivity contribution in [3.05, 3.63) is 30.0 Å². The Kier molecular flexibility index (Phi) is 4.06. The summed E-state index contributed by atoms with van der Waals surface area (Å²) in [4.78, 5) is 11.3. The van der Waals surface area contributed by atoms with Gasteiger partial charge in [0.2, 0.25) is 5.91 Å². The van der Waals surface area contributed by atoms with Gasteiger partial charge in [0.1, 0.15) is 12.4 Å². The molecule has 2 aromatic rings. The van der Waals surface area contributed by atoms with E-state index in [1.54, 1.807) is 12.1 Å². The highest BCUT2D eigenvalue weighted by Gasteiger charge is 2.08. The Hall–Kier alpha value is -2.01. The molecule has 0 spiro atoms. The van der Waals surface area contributed by atoms with Gasteiger partial charge in [0, 0.05) is 37.8 Å². The number of methoxy groups -OCH3 is 1. The maximum Gasteiger partial charge on any atom is 0.245 e. The van der Waals surface area contributed by atoms with Crippen molar-refractivity contribution in [3.8, 4) is 5.75 Å². The van der Waals surface area contributed by atoms with E-state index in [1.165, 1.54) is 7.11 Å². The number of aromatic nitrogens is 1. The number of rotatable bonds is 5. The lowest BCUT2D eigenvalue weighted by atomic mass is 10.1. The molecule has 0 fully saturated rings. The normalized spacial score (nSPS) is 10.8. The SMILES string of the molecule is COCC(=O)NCCc1cn(C)c2ccc(O)cc12. The van der Waals surface area contributed by atoms with E-state index in [4.69, 9.17) is 4.74 Å². The highest BCUT2D eigenvalue weighted by atomic mass is 16.5. The minimum absolute atomic E-state index is 0.0797. The van der Waals surface area contributed by atoms with Gasteiger partial charge in [0.05, 0.1) is 0 Å². The van der Waals surface area contributed by atoms with Crippen LogP contribution in [0.15, 0.2) is 24.4 Å². The Morgan fingerprint density at radius 2 is 2.26 bits per heavy atom. The first-order valence-electron chi connectivity index (χ1n) is 6.14. The van der Waals surface area contributed by atoms with E-state index < -0.39 is 0 Å². The van der Waals surface area contributed by atoms with E-state index in [0.717, 1.165) is 22.9 Å². The van der Waals surface area contributed by atoms with E-state index in [1.807, 2.05) is 23.9 Å². The summed E-state index contributed by atoms with van der Waals surface area (Å²) in [7, 11) is 3.46. The van der Waals surface area contributed by atoms with Crippen LogP contribution in [-0.4, -0.2) is 35.8 Å². The molecule has 0 radical (unpaired) electrons. The van der Waals surface area contributed by atoms with Crippen LogP contribution in [0.25, 0.3) is 10.9 Å². The molecule has 5 nitrogen and oxygen atoms in total. The smallest absolute Gasteiger partial charge is 0.245 e. The number of phenols is 1. The van der Waals surface area contributed by atoms with Crippen LogP contribution in [0.3, 0.4) is 0 Å². The van der Waals surface area contributed by atoms with Crippen LogP contribution in [0.4, 0.5) is 0 Å². The Labute approximate surface area is 111 Å². The quantitative estimate of drug-likeness (QED) is 0.850. The van der Waals surface area contributed by atoms with Crippen molar-refractivity contribution in [1.29, 1.82) is 0 Å². The van der Waals surface area contributed by atoms with Crippen molar-refractivity contribution < 1.29 is 14.6 Å². The van der Waals surface area contributed by atoms with Crippen molar-refractivity contribution in [3.63, 3.8) is 0 Å². The average Bonchev–Trinajstić information content (AvgIpc) is 2.66. The van der Waals surface area contributed by atoms with Crippen molar-refractivity contribution in [2.24, 2.45) is 7.05 Å². The molecule has 0 aliphatic carbocycles. The van der Waals surface area contributed by atoms with Crippen molar-refractivity contribution in [2.75, 3.05) is 20.3 Å². The molecule has 1 heterocycles. The second-order valence-electron chi connectivity index (χ2n) is 4.50. The number of aryl methyl sites for hydroxylation is 1. The molecule has 2 rings (SSSR count). The van der Waals surface area contributed by atoms with Gasteiger partial charge in [-0.25, -0.2) is 0 Å². The summed E-state index contributed by atoms with van der Waals surface area (Å²) < 4.78 is 6.76. The zero-order chi connectivity index (χ0) is 13.8. The minimum atomic E-state index is -0.120. The van der Waals surface area contributed by atoms with Crippen LogP contribution in [0, 0.1) is 0 Å². The van der Waals surface area contributed by atoms with Crippen molar-refractivity contribution in [2.45, 2.75) is 6.42 Å². The molecule has 0 aliphatic heterocycles. The number of nitrogens with zero attached hydrogens (tertiary/aromatic N) is 1. The number of fused-ring (bicyclic) bond motifs is 1. The first-order chi connectivity index (χ1) is 9.11. The number of hydrogen-bond donors (Lipinski definition) is 2. The van der Waals surface area contributed by atoms with E-state index in [-0.39, 0.29) is 18.3 Å². The lowest BCUT2D eigenvalue weighted by Gasteiger charge is -2.03. The van der Waals surface area contributed by atoms with E-state index in [9.17, 15) is 9.90 Å². The summed E-state index contributed by atoms with van der Waals surface area (Å²) in [6.07, 6.45) is 2.74. The predicted octanol–water partition coefficient (Wildman–Crippen LogP) is 1.19. The van der Waals surface area contributed by atoms with Gasteiger partial charge in [-0.1, -0.05) is 0 Å². The molecule has 1 aromatic carbocycles. The standard InChI is InChI=1S/C14H18N2O3/c1-16-8-10(5-6-15-14(18)9-19-2)12-7-11(17)3-4-13(12)16/h3-4,7-8,17H,5-6,9H2,1-2H3,(H,15,18). The molecule has 0 aliphatic rings. The Morgan fingerprint density at radius 3 is 3.00 bits per heavy atom. The third-order valence-corrected chi connectivity index (χ3v) is 3.05. The van der Waals surface area contributed by atoms with E-state index in [0.29, 0.717) is 6.54 Å². The van der Waals surface area contributed by atoms with Crippen LogP contribution in [0.2, 0.25) is 0 Å². The van der Waals surface area contributed by atoms with Gasteiger partial charge in [0.15, 0.2) is 0 Å². The molecular weight excluding hydrogens is 244 g/mol. The number of carbonyl (C=O) groups is 1. The molecule has 0 saturated heterocycles. The second kappa shape index (κ2) is 5.75. The summed E-state index contributed by atoms with van der Waals surface area (Å²) in [5.41, 5.74) is 2.17. The summed E-state index contributed by atoms with van der Waals surface area (Å²) in [5.74, 6) is 0.133. The lowest BCUT2D eigenvalue weighted by Crippen LogP contribution is -2.28. The van der Waals surface area contributed by atoms with Crippen LogP contribution in [-0.2, 0) is 23.0 Å². The number of phenolic OH excluding ortho intramolecular Hbond substituents is 1. The van der Waals surface area contributed by atoms with Gasteiger partial charge < -0.3 is 19.7 Å². The average molecular weight is 262 g/mol. The monoisotopic (exact) mass is 262 g/mol. The van der Waals surface area contributed by atoms with Crippen LogP contribution < -0.4 is 5.32 Å². The highest BCUT2D eigenvalue weighted by molar-refractivity contribution is 5.85. The summed E-state index contributed by atoms with van der Waals surface area (Å²) >= 11 is 0. The lowest BCUT2D eigenvalue weighted by molar-refractivity contribution is -0.124. The third-order valence-electron chi connectivity index (χ3n) is 3.05. The fourth-order valence-electron chi connectivity index (χ4n) is 2.18. The molecule has 0 saturated carbocycles. The minimum Gasteiger partial charge on any atom is -0.508 e. The number of ether oxygens (including phenoxy) is 1. The molecule has 0 bridgehead atoms. The van der Waals surface area contributed by atoms with Crippen LogP contribution in [0.1, 0.15) is 5.56 Å². The molecule has 5 heteroatoms. The van der Waals surface area contributed by atoms with Gasteiger partial charge in [-0.2, -0.15) is 0 Å². The molecule has 0 unspecified atom stereocenters. The zero-order valence-electron chi connectivity index (χ0n) is 11.1.